The van der Waals surface area contributed by atoms with Crippen LogP contribution >= 0.6 is 0 Å². The number of methoxy groups -OCH3 is 2. The third-order valence-electron chi connectivity index (χ3n) is 4.73. The maximum absolute atomic E-state index is 12.8. The average Bonchev–Trinajstić information content (AvgIpc) is 2.78. The van der Waals surface area contributed by atoms with E-state index in [1.807, 2.05) is 31.2 Å². The van der Waals surface area contributed by atoms with Crippen molar-refractivity contribution in [3.05, 3.63) is 89.5 Å². The first-order valence-corrected chi connectivity index (χ1v) is 9.26. The van der Waals surface area contributed by atoms with Gasteiger partial charge in [0, 0.05) is 22.9 Å². The van der Waals surface area contributed by atoms with Gasteiger partial charge in [-0.15, -0.1) is 0 Å². The number of ketones is 1. The second kappa shape index (κ2) is 9.06. The summed E-state index contributed by atoms with van der Waals surface area (Å²) in [5.41, 5.74) is 2.55. The lowest BCUT2D eigenvalue weighted by atomic mass is 9.95. The van der Waals surface area contributed by atoms with Crippen LogP contribution in [0, 0.1) is 0 Å². The molecule has 3 aromatic rings. The lowest BCUT2D eigenvalue weighted by Gasteiger charge is -2.15. The van der Waals surface area contributed by atoms with Crippen LogP contribution in [0.2, 0.25) is 0 Å². The molecule has 0 saturated heterocycles. The molecule has 1 N–H and O–H groups in total. The molecule has 1 amide bonds. The zero-order valence-corrected chi connectivity index (χ0v) is 16.6. The molecule has 148 valence electrons. The highest BCUT2D eigenvalue weighted by Crippen LogP contribution is 2.30. The highest BCUT2D eigenvalue weighted by Gasteiger charge is 2.18. The van der Waals surface area contributed by atoms with E-state index in [2.05, 4.69) is 5.32 Å². The predicted octanol–water partition coefficient (Wildman–Crippen LogP) is 4.68. The summed E-state index contributed by atoms with van der Waals surface area (Å²) in [4.78, 5) is 25.4. The Morgan fingerprint density at radius 2 is 1.48 bits per heavy atom. The molecule has 3 aromatic carbocycles. The van der Waals surface area contributed by atoms with E-state index in [0.29, 0.717) is 28.3 Å². The topological polar surface area (TPSA) is 64.6 Å². The van der Waals surface area contributed by atoms with Crippen molar-refractivity contribution in [3.8, 4) is 11.5 Å². The van der Waals surface area contributed by atoms with Crippen LogP contribution in [-0.2, 0) is 4.79 Å². The van der Waals surface area contributed by atoms with E-state index in [4.69, 9.17) is 9.47 Å². The largest absolute Gasteiger partial charge is 0.493 e. The lowest BCUT2D eigenvalue weighted by molar-refractivity contribution is -0.117. The Hall–Kier alpha value is -3.60. The smallest absolute Gasteiger partial charge is 0.231 e. The molecule has 0 saturated carbocycles. The summed E-state index contributed by atoms with van der Waals surface area (Å²) in [7, 11) is 3.10. The van der Waals surface area contributed by atoms with Gasteiger partial charge in [-0.2, -0.15) is 0 Å². The zero-order valence-electron chi connectivity index (χ0n) is 16.6. The Morgan fingerprint density at radius 3 is 2.17 bits per heavy atom. The number of benzene rings is 3. The van der Waals surface area contributed by atoms with Crippen molar-refractivity contribution < 1.29 is 19.1 Å². The van der Waals surface area contributed by atoms with Gasteiger partial charge in [0.25, 0.3) is 0 Å². The molecule has 0 heterocycles. The molecule has 5 nitrogen and oxygen atoms in total. The van der Waals surface area contributed by atoms with Gasteiger partial charge in [0.1, 0.15) is 0 Å². The van der Waals surface area contributed by atoms with E-state index in [-0.39, 0.29) is 11.7 Å². The van der Waals surface area contributed by atoms with Crippen LogP contribution in [0.25, 0.3) is 0 Å². The van der Waals surface area contributed by atoms with Crippen molar-refractivity contribution in [2.75, 3.05) is 19.5 Å². The number of anilines is 1. The number of nitrogens with one attached hydrogen (secondary N) is 1. The number of amides is 1. The molecular weight excluding hydrogens is 366 g/mol. The second-order valence-electron chi connectivity index (χ2n) is 6.60. The van der Waals surface area contributed by atoms with Crippen LogP contribution in [0.3, 0.4) is 0 Å². The average molecular weight is 389 g/mol. The number of rotatable bonds is 7. The predicted molar refractivity (Wildman–Crippen MR) is 113 cm³/mol. The van der Waals surface area contributed by atoms with Crippen LogP contribution in [0.15, 0.2) is 72.8 Å². The van der Waals surface area contributed by atoms with Gasteiger partial charge < -0.3 is 14.8 Å². The van der Waals surface area contributed by atoms with E-state index in [1.165, 1.54) is 0 Å². The summed E-state index contributed by atoms with van der Waals surface area (Å²) in [5.74, 6) is 0.437. The van der Waals surface area contributed by atoms with Crippen LogP contribution in [0.5, 0.6) is 11.5 Å². The Balaban J connectivity index is 1.77. The summed E-state index contributed by atoms with van der Waals surface area (Å²) in [6, 6.07) is 21.5. The molecule has 0 aliphatic carbocycles. The minimum absolute atomic E-state index is 0.0695. The number of carbonyl (C=O) groups is 2. The van der Waals surface area contributed by atoms with E-state index in [1.54, 1.807) is 62.8 Å². The van der Waals surface area contributed by atoms with Crippen LogP contribution in [-0.4, -0.2) is 25.9 Å². The van der Waals surface area contributed by atoms with Gasteiger partial charge in [0.15, 0.2) is 17.3 Å². The van der Waals surface area contributed by atoms with Crippen LogP contribution < -0.4 is 14.8 Å². The Kier molecular flexibility index (Phi) is 6.29. The summed E-state index contributed by atoms with van der Waals surface area (Å²) in [6.45, 7) is 1.81. The fraction of sp³-hybridized carbons (Fsp3) is 0.167. The first kappa shape index (κ1) is 20.1. The number of hydrogen-bond donors (Lipinski definition) is 1. The molecule has 3 rings (SSSR count). The number of hydrogen-bond acceptors (Lipinski definition) is 4. The van der Waals surface area contributed by atoms with E-state index in [0.717, 1.165) is 5.56 Å². The normalized spacial score (nSPS) is 11.4. The van der Waals surface area contributed by atoms with E-state index >= 15 is 0 Å². The fourth-order valence-electron chi connectivity index (χ4n) is 3.02. The molecule has 0 aliphatic rings. The molecule has 0 radical (unpaired) electrons. The van der Waals surface area contributed by atoms with Crippen molar-refractivity contribution in [1.82, 2.24) is 0 Å². The molecule has 0 aliphatic heterocycles. The Bertz CT molecular complexity index is 1010. The minimum Gasteiger partial charge on any atom is -0.493 e. The highest BCUT2D eigenvalue weighted by atomic mass is 16.5. The minimum atomic E-state index is -0.438. The summed E-state index contributed by atoms with van der Waals surface area (Å²) >= 11 is 0. The molecule has 0 bridgehead atoms. The molecule has 29 heavy (non-hydrogen) atoms. The number of ether oxygens (including phenoxy) is 2. The monoisotopic (exact) mass is 389 g/mol. The van der Waals surface area contributed by atoms with Gasteiger partial charge in [0.2, 0.25) is 5.91 Å². The van der Waals surface area contributed by atoms with Gasteiger partial charge in [-0.1, -0.05) is 48.5 Å². The number of carbonyl (C=O) groups excluding carboxylic acids is 2. The van der Waals surface area contributed by atoms with E-state index in [9.17, 15) is 9.59 Å². The van der Waals surface area contributed by atoms with Crippen molar-refractivity contribution >= 4 is 17.4 Å². The summed E-state index contributed by atoms with van der Waals surface area (Å²) in [6.07, 6.45) is 0. The fourth-order valence-corrected chi connectivity index (χ4v) is 3.02. The maximum Gasteiger partial charge on any atom is 0.231 e. The molecular formula is C24H23NO4. The molecule has 0 fully saturated rings. The maximum atomic E-state index is 12.8. The third kappa shape index (κ3) is 4.63. The third-order valence-corrected chi connectivity index (χ3v) is 4.73. The van der Waals surface area contributed by atoms with Crippen molar-refractivity contribution in [1.29, 1.82) is 0 Å². The van der Waals surface area contributed by atoms with Gasteiger partial charge in [0.05, 0.1) is 20.1 Å². The van der Waals surface area contributed by atoms with Gasteiger partial charge in [-0.25, -0.2) is 0 Å². The molecule has 1 atom stereocenters. The summed E-state index contributed by atoms with van der Waals surface area (Å²) in [5, 5.41) is 2.89. The first-order chi connectivity index (χ1) is 14.0. The van der Waals surface area contributed by atoms with E-state index < -0.39 is 5.92 Å². The quantitative estimate of drug-likeness (QED) is 0.596. The second-order valence-corrected chi connectivity index (χ2v) is 6.60. The van der Waals surface area contributed by atoms with Gasteiger partial charge in [-0.3, -0.25) is 9.59 Å². The van der Waals surface area contributed by atoms with Gasteiger partial charge >= 0.3 is 0 Å². The van der Waals surface area contributed by atoms with Crippen LogP contribution in [0.4, 0.5) is 5.69 Å². The highest BCUT2D eigenvalue weighted by molar-refractivity contribution is 6.09. The summed E-state index contributed by atoms with van der Waals surface area (Å²) < 4.78 is 10.5. The first-order valence-electron chi connectivity index (χ1n) is 9.26. The standard InChI is InChI=1S/C24H23NO4/c1-16(24(27)25-20-12-13-21(28-2)22(15-20)29-3)18-10-7-11-19(14-18)23(26)17-8-5-4-6-9-17/h4-16H,1-3H3,(H,25,27)/t16-/m1/s1. The SMILES string of the molecule is COc1ccc(NC(=O)[C@H](C)c2cccc(C(=O)c3ccccc3)c2)cc1OC. The van der Waals surface area contributed by atoms with Crippen molar-refractivity contribution in [2.45, 2.75) is 12.8 Å². The molecule has 0 spiro atoms. The molecule has 5 heteroatoms. The Labute approximate surface area is 170 Å². The zero-order chi connectivity index (χ0) is 20.8. The van der Waals surface area contributed by atoms with Crippen molar-refractivity contribution in [3.63, 3.8) is 0 Å². The molecule has 0 unspecified atom stereocenters. The lowest BCUT2D eigenvalue weighted by Crippen LogP contribution is -2.19. The molecule has 0 aromatic heterocycles. The van der Waals surface area contributed by atoms with Crippen LogP contribution in [0.1, 0.15) is 34.3 Å². The van der Waals surface area contributed by atoms with Gasteiger partial charge in [-0.05, 0) is 30.7 Å². The van der Waals surface area contributed by atoms with Crippen molar-refractivity contribution in [2.24, 2.45) is 0 Å². The Morgan fingerprint density at radius 1 is 0.793 bits per heavy atom.